The van der Waals surface area contributed by atoms with Crippen LogP contribution >= 0.6 is 0 Å². The van der Waals surface area contributed by atoms with Crippen LogP contribution in [0.15, 0.2) is 122 Å². The van der Waals surface area contributed by atoms with E-state index < -0.39 is 0 Å². The Balaban J connectivity index is 0.000000205. The summed E-state index contributed by atoms with van der Waals surface area (Å²) < 4.78 is 0. The number of aryl methyl sites for hydroxylation is 2. The van der Waals surface area contributed by atoms with E-state index in [2.05, 4.69) is 90.5 Å². The molecular weight excluding hydrogens is 689 g/mol. The van der Waals surface area contributed by atoms with Crippen LogP contribution in [-0.2, 0) is 38.4 Å². The van der Waals surface area contributed by atoms with E-state index in [-0.39, 0.29) is 25.5 Å². The van der Waals surface area contributed by atoms with Gasteiger partial charge in [-0.2, -0.15) is 0 Å². The monoisotopic (exact) mass is 719 g/mol. The van der Waals surface area contributed by atoms with Crippen molar-refractivity contribution in [2.24, 2.45) is 0 Å². The van der Waals surface area contributed by atoms with Gasteiger partial charge in [0.05, 0.1) is 0 Å². The molecule has 2 aromatic heterocycles. The maximum absolute atomic E-state index is 4.53. The molecule has 0 aliphatic heterocycles. The number of hydrogen-bond acceptors (Lipinski definition) is 2. The van der Waals surface area contributed by atoms with Gasteiger partial charge in [0.1, 0.15) is 0 Å². The van der Waals surface area contributed by atoms with E-state index >= 15 is 0 Å². The summed E-state index contributed by atoms with van der Waals surface area (Å²) in [7, 11) is 0. The van der Waals surface area contributed by atoms with Gasteiger partial charge in [-0.05, 0) is 72.5 Å². The predicted molar refractivity (Wildman–Crippen MR) is 167 cm³/mol. The van der Waals surface area contributed by atoms with Crippen molar-refractivity contribution in [2.75, 3.05) is 0 Å². The molecule has 42 heavy (non-hydrogen) atoms. The second-order valence-electron chi connectivity index (χ2n) is 11.1. The van der Waals surface area contributed by atoms with E-state index in [1.165, 1.54) is 44.5 Å². The van der Waals surface area contributed by atoms with Gasteiger partial charge in [0.15, 0.2) is 0 Å². The summed E-state index contributed by atoms with van der Waals surface area (Å²) in [6.45, 7) is 4.41. The SMILES string of the molecule is Cc1ccc2c(c1)C1(Cc3c[c-]c(-c4ccccn4)cc3C1)c1cc(C)ccc1-2.[Ir].[c-]1ccccc1-c1ccccn1. The quantitative estimate of drug-likeness (QED) is 0.168. The minimum Gasteiger partial charge on any atom is -0.305 e. The third kappa shape index (κ3) is 5.04. The van der Waals surface area contributed by atoms with Crippen LogP contribution in [0.2, 0.25) is 0 Å². The minimum atomic E-state index is 0. The average molecular weight is 719 g/mol. The number of benzene rings is 4. The summed E-state index contributed by atoms with van der Waals surface area (Å²) in [4.78, 5) is 8.75. The summed E-state index contributed by atoms with van der Waals surface area (Å²) in [6.07, 6.45) is 5.74. The maximum Gasteiger partial charge on any atom is 0.0201 e. The molecule has 2 heterocycles. The van der Waals surface area contributed by atoms with E-state index in [0.717, 1.165) is 35.4 Å². The Morgan fingerprint density at radius 3 is 1.76 bits per heavy atom. The zero-order chi connectivity index (χ0) is 27.8. The van der Waals surface area contributed by atoms with Crippen LogP contribution in [0.25, 0.3) is 33.6 Å². The summed E-state index contributed by atoms with van der Waals surface area (Å²) in [5, 5.41) is 0. The summed E-state index contributed by atoms with van der Waals surface area (Å²) >= 11 is 0. The number of hydrogen-bond donors (Lipinski definition) is 0. The fourth-order valence-electron chi connectivity index (χ4n) is 6.46. The molecule has 2 aliphatic carbocycles. The van der Waals surface area contributed by atoms with E-state index in [1.807, 2.05) is 60.8 Å². The van der Waals surface area contributed by atoms with Crippen molar-refractivity contribution < 1.29 is 20.1 Å². The van der Waals surface area contributed by atoms with Gasteiger partial charge in [0, 0.05) is 37.9 Å². The third-order valence-electron chi connectivity index (χ3n) is 8.38. The van der Waals surface area contributed by atoms with Crippen LogP contribution in [0.3, 0.4) is 0 Å². The summed E-state index contributed by atoms with van der Waals surface area (Å²) in [5.41, 5.74) is 15.5. The number of pyridine rings is 2. The van der Waals surface area contributed by atoms with Gasteiger partial charge in [-0.3, -0.25) is 0 Å². The minimum absolute atomic E-state index is 0. The normalized spacial score (nSPS) is 13.3. The van der Waals surface area contributed by atoms with Crippen molar-refractivity contribution in [3.63, 3.8) is 0 Å². The van der Waals surface area contributed by atoms with Gasteiger partial charge in [0.2, 0.25) is 0 Å². The van der Waals surface area contributed by atoms with Crippen LogP contribution in [0.1, 0.15) is 33.4 Å². The van der Waals surface area contributed by atoms with Crippen LogP contribution in [0, 0.1) is 26.0 Å². The Hall–Kier alpha value is -4.17. The standard InChI is InChI=1S/C28H22N.C11H8N.Ir/c1-18-6-10-23-24-11-7-19(2)14-26(24)28(25(23)13-18)16-21-9-8-20(15-22(21)17-28)27-5-3-4-12-29-27;1-2-6-10(7-3-1)11-8-4-5-9-12-11;/h3-7,9-15H,16-17H2,1-2H3;1-6,8-9H;/q2*-1;. The fraction of sp³-hybridized carbons (Fsp3) is 0.128. The average Bonchev–Trinajstić information content (AvgIpc) is 3.53. The number of fused-ring (bicyclic) bond motifs is 6. The first-order chi connectivity index (χ1) is 20.1. The third-order valence-corrected chi connectivity index (χ3v) is 8.38. The molecule has 0 bridgehead atoms. The molecule has 0 atom stereocenters. The van der Waals surface area contributed by atoms with Gasteiger partial charge in [-0.15, -0.1) is 70.8 Å². The molecule has 1 radical (unpaired) electrons. The van der Waals surface area contributed by atoms with E-state index in [9.17, 15) is 0 Å². The largest absolute Gasteiger partial charge is 0.305 e. The van der Waals surface area contributed by atoms with Crippen molar-refractivity contribution in [2.45, 2.75) is 32.1 Å². The van der Waals surface area contributed by atoms with Crippen LogP contribution in [-0.4, -0.2) is 9.97 Å². The van der Waals surface area contributed by atoms with Gasteiger partial charge in [-0.25, -0.2) is 0 Å². The molecule has 2 nitrogen and oxygen atoms in total. The topological polar surface area (TPSA) is 25.8 Å². The van der Waals surface area contributed by atoms with Gasteiger partial charge in [-0.1, -0.05) is 71.8 Å². The van der Waals surface area contributed by atoms with E-state index in [4.69, 9.17) is 0 Å². The van der Waals surface area contributed by atoms with Crippen molar-refractivity contribution in [1.29, 1.82) is 0 Å². The molecule has 3 heteroatoms. The molecule has 6 aromatic rings. The Morgan fingerprint density at radius 2 is 1.19 bits per heavy atom. The molecule has 0 N–H and O–H groups in total. The fourth-order valence-corrected chi connectivity index (χ4v) is 6.46. The molecule has 0 amide bonds. The van der Waals surface area contributed by atoms with Crippen LogP contribution in [0.5, 0.6) is 0 Å². The molecule has 0 saturated carbocycles. The number of rotatable bonds is 2. The number of aromatic nitrogens is 2. The first-order valence-electron chi connectivity index (χ1n) is 14.2. The molecule has 0 fully saturated rings. The van der Waals surface area contributed by atoms with Crippen molar-refractivity contribution >= 4 is 0 Å². The maximum atomic E-state index is 4.53. The van der Waals surface area contributed by atoms with Crippen molar-refractivity contribution in [3.8, 4) is 33.6 Å². The Labute approximate surface area is 261 Å². The van der Waals surface area contributed by atoms with E-state index in [1.54, 1.807) is 6.20 Å². The zero-order valence-corrected chi connectivity index (χ0v) is 26.1. The van der Waals surface area contributed by atoms with Gasteiger partial charge < -0.3 is 9.97 Å². The smallest absolute Gasteiger partial charge is 0.0201 e. The van der Waals surface area contributed by atoms with Gasteiger partial charge >= 0.3 is 0 Å². The van der Waals surface area contributed by atoms with Crippen molar-refractivity contribution in [3.05, 3.63) is 167 Å². The second-order valence-corrected chi connectivity index (χ2v) is 11.1. The zero-order valence-electron chi connectivity index (χ0n) is 23.7. The predicted octanol–water partition coefficient (Wildman–Crippen LogP) is 8.78. The second kappa shape index (κ2) is 11.6. The van der Waals surface area contributed by atoms with E-state index in [0.29, 0.717) is 0 Å². The molecule has 0 unspecified atom stereocenters. The molecule has 207 valence electrons. The molecule has 0 saturated heterocycles. The molecule has 1 spiro atoms. The Kier molecular flexibility index (Phi) is 7.73. The number of nitrogens with zero attached hydrogens (tertiary/aromatic N) is 2. The molecular formula is C39H30IrN2-2. The Morgan fingerprint density at radius 1 is 0.595 bits per heavy atom. The van der Waals surface area contributed by atoms with Gasteiger partial charge in [0.25, 0.3) is 0 Å². The van der Waals surface area contributed by atoms with Crippen molar-refractivity contribution in [1.82, 2.24) is 9.97 Å². The molecule has 2 aliphatic rings. The molecule has 8 rings (SSSR count). The van der Waals surface area contributed by atoms with Crippen LogP contribution < -0.4 is 0 Å². The van der Waals surface area contributed by atoms with Crippen LogP contribution in [0.4, 0.5) is 0 Å². The summed E-state index contributed by atoms with van der Waals surface area (Å²) in [6, 6.07) is 44.9. The first-order valence-corrected chi connectivity index (χ1v) is 14.2. The first kappa shape index (κ1) is 28.0. The summed E-state index contributed by atoms with van der Waals surface area (Å²) in [5.74, 6) is 0. The molecule has 4 aromatic carbocycles. The Bertz CT molecular complexity index is 1760.